The van der Waals surface area contributed by atoms with Crippen molar-refractivity contribution in [2.75, 3.05) is 6.54 Å². The number of aryl methyl sites for hydroxylation is 2. The van der Waals surface area contributed by atoms with Crippen molar-refractivity contribution in [1.82, 2.24) is 20.3 Å². The minimum atomic E-state index is -0.108. The van der Waals surface area contributed by atoms with E-state index in [0.717, 1.165) is 43.6 Å². The first kappa shape index (κ1) is 17.8. The van der Waals surface area contributed by atoms with Gasteiger partial charge in [0.25, 0.3) is 5.91 Å². The molecule has 5 nitrogen and oxygen atoms in total. The second kappa shape index (κ2) is 6.87. The Bertz CT molecular complexity index is 1200. The molecular weight excluding hydrogens is 380 g/mol. The Kier molecular flexibility index (Phi) is 4.53. The molecule has 3 aromatic heterocycles. The van der Waals surface area contributed by atoms with Crippen LogP contribution >= 0.6 is 22.9 Å². The van der Waals surface area contributed by atoms with Gasteiger partial charge in [0.05, 0.1) is 21.7 Å². The number of hydrogen-bond acceptors (Lipinski definition) is 5. The molecule has 0 atom stereocenters. The maximum Gasteiger partial charge on any atom is 0.262 e. The van der Waals surface area contributed by atoms with Gasteiger partial charge in [-0.15, -0.1) is 11.3 Å². The molecule has 27 heavy (non-hydrogen) atoms. The molecular formula is C20H17ClN4OS. The number of carbonyl (C=O) groups is 1. The number of rotatable bonds is 3. The van der Waals surface area contributed by atoms with Crippen molar-refractivity contribution in [3.8, 4) is 11.1 Å². The topological polar surface area (TPSA) is 67.8 Å². The van der Waals surface area contributed by atoms with E-state index < -0.39 is 0 Å². The summed E-state index contributed by atoms with van der Waals surface area (Å²) >= 11 is 7.87. The zero-order valence-corrected chi connectivity index (χ0v) is 16.7. The summed E-state index contributed by atoms with van der Waals surface area (Å²) in [5.41, 5.74) is 5.03. The van der Waals surface area contributed by atoms with Crippen LogP contribution < -0.4 is 5.32 Å². The molecule has 0 saturated carbocycles. The summed E-state index contributed by atoms with van der Waals surface area (Å²) in [7, 11) is 0. The van der Waals surface area contributed by atoms with Crippen molar-refractivity contribution in [3.05, 3.63) is 51.7 Å². The molecule has 0 aliphatic heterocycles. The number of amides is 1. The van der Waals surface area contributed by atoms with Crippen molar-refractivity contribution in [2.45, 2.75) is 20.8 Å². The molecule has 0 aliphatic rings. The van der Waals surface area contributed by atoms with Gasteiger partial charge >= 0.3 is 0 Å². The van der Waals surface area contributed by atoms with Gasteiger partial charge in [-0.2, -0.15) is 0 Å². The van der Waals surface area contributed by atoms with Gasteiger partial charge in [0.15, 0.2) is 0 Å². The lowest BCUT2D eigenvalue weighted by Gasteiger charge is -2.09. The first-order valence-corrected chi connectivity index (χ1v) is 9.79. The van der Waals surface area contributed by atoms with E-state index in [-0.39, 0.29) is 5.91 Å². The number of nitrogens with one attached hydrogen (secondary N) is 1. The molecule has 0 spiro atoms. The van der Waals surface area contributed by atoms with Crippen LogP contribution in [0.5, 0.6) is 0 Å². The SMILES string of the molecule is CCNC(=O)c1sc2nc(C)c(Cl)c(C)c2c1-c1ccc2nccnc2c1. The van der Waals surface area contributed by atoms with Gasteiger partial charge in [-0.1, -0.05) is 17.7 Å². The fourth-order valence-electron chi connectivity index (χ4n) is 3.22. The van der Waals surface area contributed by atoms with Crippen LogP contribution in [0.25, 0.3) is 32.4 Å². The number of benzene rings is 1. The number of thiophene rings is 1. The highest BCUT2D eigenvalue weighted by atomic mass is 35.5. The summed E-state index contributed by atoms with van der Waals surface area (Å²) in [6.45, 7) is 6.31. The van der Waals surface area contributed by atoms with E-state index in [0.29, 0.717) is 16.4 Å². The Balaban J connectivity index is 2.07. The molecule has 4 rings (SSSR count). The number of hydrogen-bond donors (Lipinski definition) is 1. The van der Waals surface area contributed by atoms with E-state index in [2.05, 4.69) is 20.3 Å². The molecule has 0 fully saturated rings. The summed E-state index contributed by atoms with van der Waals surface area (Å²) in [5.74, 6) is -0.108. The third kappa shape index (κ3) is 2.95. The van der Waals surface area contributed by atoms with Gasteiger partial charge in [-0.3, -0.25) is 14.8 Å². The number of fused-ring (bicyclic) bond motifs is 2. The lowest BCUT2D eigenvalue weighted by Crippen LogP contribution is -2.22. The van der Waals surface area contributed by atoms with Crippen LogP contribution in [0.1, 0.15) is 27.9 Å². The quantitative estimate of drug-likeness (QED) is 0.533. The van der Waals surface area contributed by atoms with E-state index in [4.69, 9.17) is 11.6 Å². The highest BCUT2D eigenvalue weighted by Crippen LogP contribution is 2.42. The van der Waals surface area contributed by atoms with Crippen LogP contribution in [0, 0.1) is 13.8 Å². The molecule has 1 amide bonds. The molecule has 0 aliphatic carbocycles. The lowest BCUT2D eigenvalue weighted by atomic mass is 9.99. The van der Waals surface area contributed by atoms with E-state index in [1.165, 1.54) is 11.3 Å². The van der Waals surface area contributed by atoms with Gasteiger partial charge in [-0.05, 0) is 44.0 Å². The van der Waals surface area contributed by atoms with Crippen molar-refractivity contribution in [3.63, 3.8) is 0 Å². The fourth-order valence-corrected chi connectivity index (χ4v) is 4.58. The third-order valence-electron chi connectivity index (χ3n) is 4.48. The summed E-state index contributed by atoms with van der Waals surface area (Å²) < 4.78 is 0. The number of pyridine rings is 1. The van der Waals surface area contributed by atoms with Gasteiger partial charge in [0.2, 0.25) is 0 Å². The van der Waals surface area contributed by atoms with E-state index in [1.807, 2.05) is 39.0 Å². The van der Waals surface area contributed by atoms with Crippen molar-refractivity contribution >= 4 is 50.1 Å². The molecule has 0 saturated heterocycles. The molecule has 136 valence electrons. The van der Waals surface area contributed by atoms with Crippen LogP contribution in [-0.2, 0) is 0 Å². The zero-order valence-electron chi connectivity index (χ0n) is 15.1. The Morgan fingerprint density at radius 2 is 1.93 bits per heavy atom. The van der Waals surface area contributed by atoms with Crippen molar-refractivity contribution in [2.24, 2.45) is 0 Å². The Labute approximate surface area is 165 Å². The van der Waals surface area contributed by atoms with E-state index in [9.17, 15) is 4.79 Å². The average molecular weight is 397 g/mol. The molecule has 0 unspecified atom stereocenters. The second-order valence-electron chi connectivity index (χ2n) is 6.24. The van der Waals surface area contributed by atoms with Crippen LogP contribution in [0.4, 0.5) is 0 Å². The normalized spacial score (nSPS) is 11.3. The highest BCUT2D eigenvalue weighted by Gasteiger charge is 2.23. The van der Waals surface area contributed by atoms with E-state index in [1.54, 1.807) is 12.4 Å². The highest BCUT2D eigenvalue weighted by molar-refractivity contribution is 7.21. The summed E-state index contributed by atoms with van der Waals surface area (Å²) in [4.78, 5) is 27.6. The molecule has 1 N–H and O–H groups in total. The lowest BCUT2D eigenvalue weighted by molar-refractivity contribution is 0.0960. The molecule has 7 heteroatoms. The minimum absolute atomic E-state index is 0.108. The second-order valence-corrected chi connectivity index (χ2v) is 7.62. The van der Waals surface area contributed by atoms with Gasteiger partial charge in [-0.25, -0.2) is 4.98 Å². The predicted octanol–water partition coefficient (Wildman–Crippen LogP) is 4.93. The molecule has 0 bridgehead atoms. The summed E-state index contributed by atoms with van der Waals surface area (Å²) in [6, 6.07) is 5.84. The maximum atomic E-state index is 12.8. The number of carbonyl (C=O) groups excluding carboxylic acids is 1. The fraction of sp³-hybridized carbons (Fsp3) is 0.200. The maximum absolute atomic E-state index is 12.8. The largest absolute Gasteiger partial charge is 0.352 e. The van der Waals surface area contributed by atoms with Gasteiger partial charge in [0.1, 0.15) is 9.71 Å². The Morgan fingerprint density at radius 1 is 1.19 bits per heavy atom. The number of nitrogens with zero attached hydrogens (tertiary/aromatic N) is 3. The summed E-state index contributed by atoms with van der Waals surface area (Å²) in [5, 5.41) is 4.45. The third-order valence-corrected chi connectivity index (χ3v) is 6.12. The summed E-state index contributed by atoms with van der Waals surface area (Å²) in [6.07, 6.45) is 3.33. The number of aromatic nitrogens is 3. The van der Waals surface area contributed by atoms with Gasteiger partial charge < -0.3 is 5.32 Å². The van der Waals surface area contributed by atoms with Crippen molar-refractivity contribution < 1.29 is 4.79 Å². The smallest absolute Gasteiger partial charge is 0.262 e. The Morgan fingerprint density at radius 3 is 2.67 bits per heavy atom. The Hall–Kier alpha value is -2.57. The minimum Gasteiger partial charge on any atom is -0.352 e. The van der Waals surface area contributed by atoms with Gasteiger partial charge in [0, 0.05) is 29.9 Å². The average Bonchev–Trinajstić information content (AvgIpc) is 3.05. The predicted molar refractivity (Wildman–Crippen MR) is 111 cm³/mol. The number of halogens is 1. The zero-order chi connectivity index (χ0) is 19.1. The van der Waals surface area contributed by atoms with Crippen LogP contribution in [0.15, 0.2) is 30.6 Å². The molecule has 1 aromatic carbocycles. The molecule has 3 heterocycles. The van der Waals surface area contributed by atoms with Crippen LogP contribution in [-0.4, -0.2) is 27.4 Å². The van der Waals surface area contributed by atoms with Crippen LogP contribution in [0.3, 0.4) is 0 Å². The first-order chi connectivity index (χ1) is 13.0. The first-order valence-electron chi connectivity index (χ1n) is 8.59. The molecule has 4 aromatic rings. The van der Waals surface area contributed by atoms with E-state index >= 15 is 0 Å². The van der Waals surface area contributed by atoms with Crippen molar-refractivity contribution in [1.29, 1.82) is 0 Å². The molecule has 0 radical (unpaired) electrons. The monoisotopic (exact) mass is 396 g/mol. The standard InChI is InChI=1S/C20H17ClN4OS/c1-4-22-19(26)18-16(12-5-6-13-14(9-12)24-8-7-23-13)15-10(2)17(21)11(3)25-20(15)27-18/h5-9H,4H2,1-3H3,(H,22,26). The van der Waals surface area contributed by atoms with Crippen LogP contribution in [0.2, 0.25) is 5.02 Å².